The fraction of sp³-hybridized carbons (Fsp3) is 0.462. The lowest BCUT2D eigenvalue weighted by molar-refractivity contribution is -0.140. The van der Waals surface area contributed by atoms with E-state index in [0.29, 0.717) is 6.42 Å². The predicted molar refractivity (Wildman–Crippen MR) is 60.1 cm³/mol. The average Bonchev–Trinajstić information content (AvgIpc) is 2.15. The third-order valence-corrected chi connectivity index (χ3v) is 2.92. The number of carboxylic acids is 1. The molecule has 2 heteroatoms. The van der Waals surface area contributed by atoms with Crippen molar-refractivity contribution in [2.75, 3.05) is 0 Å². The van der Waals surface area contributed by atoms with Crippen LogP contribution in [-0.2, 0) is 4.79 Å². The first-order chi connectivity index (χ1) is 6.97. The Morgan fingerprint density at radius 3 is 2.73 bits per heavy atom. The quantitative estimate of drug-likeness (QED) is 0.717. The summed E-state index contributed by atoms with van der Waals surface area (Å²) in [5.74, 6) is 0.927. The first kappa shape index (κ1) is 11.6. The molecule has 0 radical (unpaired) electrons. The molecule has 0 aromatic carbocycles. The maximum absolute atomic E-state index is 10.8. The first-order valence-electron chi connectivity index (χ1n) is 5.02. The van der Waals surface area contributed by atoms with Crippen LogP contribution in [0.2, 0.25) is 0 Å². The van der Waals surface area contributed by atoms with Gasteiger partial charge in [-0.15, -0.1) is 6.42 Å². The summed E-state index contributed by atoms with van der Waals surface area (Å²) < 4.78 is 0. The van der Waals surface area contributed by atoms with Crippen LogP contribution in [0.5, 0.6) is 0 Å². The Balaban J connectivity index is 2.74. The summed E-state index contributed by atoms with van der Waals surface area (Å²) in [4.78, 5) is 10.8. The van der Waals surface area contributed by atoms with Crippen molar-refractivity contribution in [1.82, 2.24) is 0 Å². The van der Waals surface area contributed by atoms with Crippen molar-refractivity contribution in [1.29, 1.82) is 0 Å². The summed E-state index contributed by atoms with van der Waals surface area (Å²) in [6, 6.07) is 0. The monoisotopic (exact) mass is 204 g/mol. The van der Waals surface area contributed by atoms with Crippen LogP contribution in [0, 0.1) is 29.6 Å². The van der Waals surface area contributed by atoms with Gasteiger partial charge < -0.3 is 5.11 Å². The molecule has 2 unspecified atom stereocenters. The fourth-order valence-electron chi connectivity index (χ4n) is 1.75. The molecular weight excluding hydrogens is 188 g/mol. The molecule has 0 aromatic heterocycles. The lowest BCUT2D eigenvalue weighted by Gasteiger charge is -2.32. The highest BCUT2D eigenvalue weighted by atomic mass is 16.4. The van der Waals surface area contributed by atoms with Crippen molar-refractivity contribution < 1.29 is 9.90 Å². The lowest BCUT2D eigenvalue weighted by atomic mass is 9.72. The third kappa shape index (κ3) is 2.73. The minimum atomic E-state index is -0.906. The molecular formula is C13H16O2. The van der Waals surface area contributed by atoms with E-state index in [-0.39, 0.29) is 11.3 Å². The normalized spacial score (nSPS) is 24.5. The highest BCUT2D eigenvalue weighted by Crippen LogP contribution is 2.36. The summed E-state index contributed by atoms with van der Waals surface area (Å²) in [5, 5.41) is 8.89. The highest BCUT2D eigenvalue weighted by Gasteiger charge is 2.30. The summed E-state index contributed by atoms with van der Waals surface area (Å²) in [7, 11) is 0. The average molecular weight is 204 g/mol. The molecule has 0 spiro atoms. The van der Waals surface area contributed by atoms with Crippen molar-refractivity contribution in [3.8, 4) is 12.3 Å². The largest absolute Gasteiger partial charge is 0.480 e. The molecule has 2 atom stereocenters. The Hall–Kier alpha value is -1.49. The van der Waals surface area contributed by atoms with E-state index in [9.17, 15) is 4.79 Å². The second-order valence-corrected chi connectivity index (χ2v) is 4.47. The SMILES string of the molecule is C#CC(CC1C=CC=CC1(C)C)C(=O)O. The van der Waals surface area contributed by atoms with Gasteiger partial charge in [-0.3, -0.25) is 4.79 Å². The van der Waals surface area contributed by atoms with Gasteiger partial charge in [-0.1, -0.05) is 44.1 Å². The van der Waals surface area contributed by atoms with Crippen LogP contribution in [0.15, 0.2) is 24.3 Å². The van der Waals surface area contributed by atoms with Gasteiger partial charge in [0.1, 0.15) is 5.92 Å². The number of carboxylic acid groups (broad SMARTS) is 1. The van der Waals surface area contributed by atoms with E-state index in [1.807, 2.05) is 18.2 Å². The van der Waals surface area contributed by atoms with Crippen molar-refractivity contribution >= 4 is 5.97 Å². The molecule has 15 heavy (non-hydrogen) atoms. The highest BCUT2D eigenvalue weighted by molar-refractivity contribution is 5.73. The Kier molecular flexibility index (Phi) is 3.36. The van der Waals surface area contributed by atoms with Gasteiger partial charge in [0.2, 0.25) is 0 Å². The van der Waals surface area contributed by atoms with Gasteiger partial charge >= 0.3 is 5.97 Å². The van der Waals surface area contributed by atoms with Gasteiger partial charge in [-0.2, -0.15) is 0 Å². The van der Waals surface area contributed by atoms with Gasteiger partial charge in [0.25, 0.3) is 0 Å². The van der Waals surface area contributed by atoms with Crippen LogP contribution in [-0.4, -0.2) is 11.1 Å². The molecule has 1 aliphatic carbocycles. The van der Waals surface area contributed by atoms with Crippen molar-refractivity contribution in [3.63, 3.8) is 0 Å². The Labute approximate surface area is 90.7 Å². The van der Waals surface area contributed by atoms with Crippen LogP contribution in [0.3, 0.4) is 0 Å². The van der Waals surface area contributed by atoms with Crippen molar-refractivity contribution in [3.05, 3.63) is 24.3 Å². The van der Waals surface area contributed by atoms with Gasteiger partial charge in [0, 0.05) is 0 Å². The molecule has 0 bridgehead atoms. The molecule has 0 heterocycles. The zero-order chi connectivity index (χ0) is 11.5. The van der Waals surface area contributed by atoms with E-state index in [2.05, 4.69) is 25.8 Å². The zero-order valence-electron chi connectivity index (χ0n) is 9.10. The number of allylic oxidation sites excluding steroid dienone is 4. The molecule has 80 valence electrons. The maximum atomic E-state index is 10.8. The molecule has 0 fully saturated rings. The van der Waals surface area contributed by atoms with Gasteiger partial charge in [-0.25, -0.2) is 0 Å². The minimum Gasteiger partial charge on any atom is -0.480 e. The first-order valence-corrected chi connectivity index (χ1v) is 5.02. The molecule has 0 aromatic rings. The van der Waals surface area contributed by atoms with Crippen LogP contribution in [0.1, 0.15) is 20.3 Å². The lowest BCUT2D eigenvalue weighted by Crippen LogP contribution is -2.26. The Bertz CT molecular complexity index is 342. The topological polar surface area (TPSA) is 37.3 Å². The van der Waals surface area contributed by atoms with E-state index in [1.54, 1.807) is 0 Å². The molecule has 0 saturated heterocycles. The van der Waals surface area contributed by atoms with Crippen LogP contribution < -0.4 is 0 Å². The molecule has 1 N–H and O–H groups in total. The Morgan fingerprint density at radius 2 is 2.27 bits per heavy atom. The van der Waals surface area contributed by atoms with E-state index in [1.165, 1.54) is 0 Å². The number of hydrogen-bond acceptors (Lipinski definition) is 1. The van der Waals surface area contributed by atoms with Gasteiger partial charge in [-0.05, 0) is 17.8 Å². The second-order valence-electron chi connectivity index (χ2n) is 4.47. The van der Waals surface area contributed by atoms with E-state index in [0.717, 1.165) is 0 Å². The van der Waals surface area contributed by atoms with Crippen molar-refractivity contribution in [2.45, 2.75) is 20.3 Å². The summed E-state index contributed by atoms with van der Waals surface area (Å²) in [6.45, 7) is 4.18. The smallest absolute Gasteiger partial charge is 0.318 e. The van der Waals surface area contributed by atoms with E-state index in [4.69, 9.17) is 11.5 Å². The van der Waals surface area contributed by atoms with Crippen LogP contribution >= 0.6 is 0 Å². The number of carbonyl (C=O) groups is 1. The minimum absolute atomic E-state index is 0.0146. The number of hydrogen-bond donors (Lipinski definition) is 1. The van der Waals surface area contributed by atoms with Gasteiger partial charge in [0.05, 0.1) is 0 Å². The maximum Gasteiger partial charge on any atom is 0.318 e. The summed E-state index contributed by atoms with van der Waals surface area (Å²) in [6.07, 6.45) is 13.8. The third-order valence-electron chi connectivity index (χ3n) is 2.92. The summed E-state index contributed by atoms with van der Waals surface area (Å²) in [5.41, 5.74) is -0.0146. The fourth-order valence-corrected chi connectivity index (χ4v) is 1.75. The van der Waals surface area contributed by atoms with E-state index < -0.39 is 11.9 Å². The van der Waals surface area contributed by atoms with Crippen LogP contribution in [0.4, 0.5) is 0 Å². The van der Waals surface area contributed by atoms with Gasteiger partial charge in [0.15, 0.2) is 0 Å². The molecule has 0 amide bonds. The van der Waals surface area contributed by atoms with Crippen LogP contribution in [0.25, 0.3) is 0 Å². The molecule has 0 saturated carbocycles. The summed E-state index contributed by atoms with van der Waals surface area (Å²) >= 11 is 0. The van der Waals surface area contributed by atoms with E-state index >= 15 is 0 Å². The Morgan fingerprint density at radius 1 is 1.60 bits per heavy atom. The second kappa shape index (κ2) is 4.35. The molecule has 1 rings (SSSR count). The molecule has 2 nitrogen and oxygen atoms in total. The number of rotatable bonds is 3. The standard InChI is InChI=1S/C13H16O2/c1-4-10(12(14)15)9-11-7-5-6-8-13(11,2)3/h1,5-8,10-11H,9H2,2-3H3,(H,14,15). The predicted octanol–water partition coefficient (Wildman–Crippen LogP) is 2.48. The molecule has 0 aliphatic heterocycles. The molecule has 1 aliphatic rings. The van der Waals surface area contributed by atoms with Crippen molar-refractivity contribution in [2.24, 2.45) is 17.3 Å². The zero-order valence-corrected chi connectivity index (χ0v) is 9.10. The number of aliphatic carboxylic acids is 1. The number of terminal acetylenes is 1.